The molecule has 1 aliphatic carbocycles. The number of benzene rings is 1. The third-order valence-electron chi connectivity index (χ3n) is 2.94. The Balaban J connectivity index is 1.62. The Bertz CT molecular complexity index is 344. The maximum atomic E-state index is 5.62. The van der Waals surface area contributed by atoms with Gasteiger partial charge in [-0.2, -0.15) is 0 Å². The molecule has 1 aliphatic rings. The van der Waals surface area contributed by atoms with E-state index >= 15 is 0 Å². The molecule has 0 aliphatic heterocycles. The van der Waals surface area contributed by atoms with Gasteiger partial charge in [-0.3, -0.25) is 0 Å². The van der Waals surface area contributed by atoms with Crippen LogP contribution in [0.25, 0.3) is 0 Å². The Labute approximate surface area is 110 Å². The summed E-state index contributed by atoms with van der Waals surface area (Å²) < 4.78 is 5.62. The summed E-state index contributed by atoms with van der Waals surface area (Å²) in [5, 5.41) is 6.93. The van der Waals surface area contributed by atoms with Gasteiger partial charge in [0.25, 0.3) is 0 Å². The Morgan fingerprint density at radius 2 is 1.89 bits per heavy atom. The second-order valence-electron chi connectivity index (χ2n) is 5.22. The van der Waals surface area contributed by atoms with Gasteiger partial charge in [0.1, 0.15) is 5.75 Å². The summed E-state index contributed by atoms with van der Waals surface area (Å²) >= 11 is 0. The summed E-state index contributed by atoms with van der Waals surface area (Å²) in [5.41, 5.74) is 1.30. The van der Waals surface area contributed by atoms with Crippen LogP contribution >= 0.6 is 0 Å². The molecular formula is C15H24N2O. The lowest BCUT2D eigenvalue weighted by Crippen LogP contribution is -2.28. The molecule has 0 amide bonds. The zero-order chi connectivity index (χ0) is 12.8. The summed E-state index contributed by atoms with van der Waals surface area (Å²) in [4.78, 5) is 0. The molecule has 1 saturated carbocycles. The minimum Gasteiger partial charge on any atom is -0.491 e. The van der Waals surface area contributed by atoms with Crippen molar-refractivity contribution >= 4 is 0 Å². The topological polar surface area (TPSA) is 33.3 Å². The smallest absolute Gasteiger partial charge is 0.119 e. The van der Waals surface area contributed by atoms with E-state index in [1.807, 2.05) is 26.0 Å². The van der Waals surface area contributed by atoms with E-state index in [-0.39, 0.29) is 6.10 Å². The van der Waals surface area contributed by atoms with Gasteiger partial charge in [0.05, 0.1) is 6.10 Å². The van der Waals surface area contributed by atoms with E-state index in [0.717, 1.165) is 31.4 Å². The number of hydrogen-bond donors (Lipinski definition) is 2. The Kier molecular flexibility index (Phi) is 5.02. The van der Waals surface area contributed by atoms with Gasteiger partial charge in [0, 0.05) is 25.7 Å². The first-order chi connectivity index (χ1) is 8.74. The molecule has 0 heterocycles. The molecule has 100 valence electrons. The molecule has 0 aromatic heterocycles. The van der Waals surface area contributed by atoms with Gasteiger partial charge in [-0.05, 0) is 44.4 Å². The van der Waals surface area contributed by atoms with Crippen LogP contribution in [0, 0.1) is 0 Å². The Morgan fingerprint density at radius 1 is 1.17 bits per heavy atom. The number of nitrogens with one attached hydrogen (secondary N) is 2. The third kappa shape index (κ3) is 5.07. The molecule has 0 atom stereocenters. The van der Waals surface area contributed by atoms with Gasteiger partial charge in [-0.25, -0.2) is 0 Å². The van der Waals surface area contributed by atoms with Gasteiger partial charge in [0.15, 0.2) is 0 Å². The third-order valence-corrected chi connectivity index (χ3v) is 2.94. The second kappa shape index (κ2) is 6.76. The van der Waals surface area contributed by atoms with Gasteiger partial charge >= 0.3 is 0 Å². The van der Waals surface area contributed by atoms with E-state index in [4.69, 9.17) is 4.74 Å². The van der Waals surface area contributed by atoms with Crippen molar-refractivity contribution in [2.24, 2.45) is 0 Å². The van der Waals surface area contributed by atoms with E-state index < -0.39 is 0 Å². The molecule has 0 unspecified atom stereocenters. The highest BCUT2D eigenvalue weighted by molar-refractivity contribution is 5.27. The van der Waals surface area contributed by atoms with E-state index in [1.54, 1.807) is 0 Å². The quantitative estimate of drug-likeness (QED) is 0.693. The van der Waals surface area contributed by atoms with Crippen molar-refractivity contribution in [3.63, 3.8) is 0 Å². The zero-order valence-electron chi connectivity index (χ0n) is 11.4. The van der Waals surface area contributed by atoms with E-state index in [0.29, 0.717) is 0 Å². The molecule has 18 heavy (non-hydrogen) atoms. The fourth-order valence-electron chi connectivity index (χ4n) is 1.84. The van der Waals surface area contributed by atoms with Crippen molar-refractivity contribution < 1.29 is 4.74 Å². The molecule has 1 aromatic rings. The highest BCUT2D eigenvalue weighted by Crippen LogP contribution is 2.17. The zero-order valence-corrected chi connectivity index (χ0v) is 11.4. The van der Waals surface area contributed by atoms with Gasteiger partial charge in [-0.1, -0.05) is 12.1 Å². The molecule has 1 aromatic carbocycles. The lowest BCUT2D eigenvalue weighted by molar-refractivity contribution is 0.242. The van der Waals surface area contributed by atoms with Crippen LogP contribution in [0.2, 0.25) is 0 Å². The van der Waals surface area contributed by atoms with Crippen LogP contribution in [-0.4, -0.2) is 25.2 Å². The summed E-state index contributed by atoms with van der Waals surface area (Å²) in [6.45, 7) is 7.11. The standard InChI is InChI=1S/C15H24N2O/c1-12(2)18-15-7-3-13(4-8-15)11-16-9-10-17-14-5-6-14/h3-4,7-8,12,14,16-17H,5-6,9-11H2,1-2H3. The summed E-state index contributed by atoms with van der Waals surface area (Å²) in [7, 11) is 0. The summed E-state index contributed by atoms with van der Waals surface area (Å²) in [6.07, 6.45) is 2.96. The lowest BCUT2D eigenvalue weighted by Gasteiger charge is -2.10. The minimum absolute atomic E-state index is 0.238. The predicted molar refractivity (Wildman–Crippen MR) is 74.9 cm³/mol. The van der Waals surface area contributed by atoms with Crippen LogP contribution in [0.15, 0.2) is 24.3 Å². The number of rotatable bonds is 8. The second-order valence-corrected chi connectivity index (χ2v) is 5.22. The molecule has 3 nitrogen and oxygen atoms in total. The number of ether oxygens (including phenoxy) is 1. The summed E-state index contributed by atoms with van der Waals surface area (Å²) in [5.74, 6) is 0.948. The molecule has 0 radical (unpaired) electrons. The molecule has 0 bridgehead atoms. The highest BCUT2D eigenvalue weighted by Gasteiger charge is 2.19. The average Bonchev–Trinajstić information content (AvgIpc) is 3.14. The Morgan fingerprint density at radius 3 is 2.50 bits per heavy atom. The molecule has 3 heteroatoms. The normalized spacial score (nSPS) is 15.1. The molecule has 2 N–H and O–H groups in total. The fourth-order valence-corrected chi connectivity index (χ4v) is 1.84. The molecule has 1 fully saturated rings. The van der Waals surface area contributed by atoms with Crippen molar-refractivity contribution in [3.05, 3.63) is 29.8 Å². The van der Waals surface area contributed by atoms with Crippen LogP contribution in [-0.2, 0) is 6.54 Å². The van der Waals surface area contributed by atoms with E-state index in [1.165, 1.54) is 18.4 Å². The minimum atomic E-state index is 0.238. The maximum Gasteiger partial charge on any atom is 0.119 e. The number of hydrogen-bond acceptors (Lipinski definition) is 3. The maximum absolute atomic E-state index is 5.62. The average molecular weight is 248 g/mol. The van der Waals surface area contributed by atoms with Crippen LogP contribution in [0.5, 0.6) is 5.75 Å². The van der Waals surface area contributed by atoms with Crippen LogP contribution in [0.4, 0.5) is 0 Å². The molecule has 0 spiro atoms. The summed E-state index contributed by atoms with van der Waals surface area (Å²) in [6, 6.07) is 9.14. The van der Waals surface area contributed by atoms with Crippen molar-refractivity contribution in [2.75, 3.05) is 13.1 Å². The largest absolute Gasteiger partial charge is 0.491 e. The molecular weight excluding hydrogens is 224 g/mol. The van der Waals surface area contributed by atoms with E-state index in [9.17, 15) is 0 Å². The fraction of sp³-hybridized carbons (Fsp3) is 0.600. The van der Waals surface area contributed by atoms with Crippen molar-refractivity contribution in [1.29, 1.82) is 0 Å². The van der Waals surface area contributed by atoms with Gasteiger partial charge < -0.3 is 15.4 Å². The first-order valence-corrected chi connectivity index (χ1v) is 6.94. The van der Waals surface area contributed by atoms with Gasteiger partial charge in [-0.15, -0.1) is 0 Å². The Hall–Kier alpha value is -1.06. The van der Waals surface area contributed by atoms with Gasteiger partial charge in [0.2, 0.25) is 0 Å². The van der Waals surface area contributed by atoms with Crippen LogP contribution in [0.1, 0.15) is 32.3 Å². The first kappa shape index (κ1) is 13.4. The molecule has 0 saturated heterocycles. The van der Waals surface area contributed by atoms with Crippen molar-refractivity contribution in [2.45, 2.75) is 45.4 Å². The first-order valence-electron chi connectivity index (χ1n) is 6.94. The SMILES string of the molecule is CC(C)Oc1ccc(CNCCNC2CC2)cc1. The highest BCUT2D eigenvalue weighted by atomic mass is 16.5. The van der Waals surface area contributed by atoms with Crippen LogP contribution < -0.4 is 15.4 Å². The molecule has 2 rings (SSSR count). The monoisotopic (exact) mass is 248 g/mol. The lowest BCUT2D eigenvalue weighted by atomic mass is 10.2. The van der Waals surface area contributed by atoms with Crippen molar-refractivity contribution in [1.82, 2.24) is 10.6 Å². The van der Waals surface area contributed by atoms with Crippen molar-refractivity contribution in [3.8, 4) is 5.75 Å². The predicted octanol–water partition coefficient (Wildman–Crippen LogP) is 2.32. The van der Waals surface area contributed by atoms with E-state index in [2.05, 4.69) is 22.8 Å². The van der Waals surface area contributed by atoms with Crippen LogP contribution in [0.3, 0.4) is 0 Å².